The van der Waals surface area contributed by atoms with E-state index in [1.807, 2.05) is 13.1 Å². The van der Waals surface area contributed by atoms with E-state index in [2.05, 4.69) is 21.0 Å². The molecule has 1 aromatic carbocycles. The summed E-state index contributed by atoms with van der Waals surface area (Å²) in [5.41, 5.74) is 0.891. The molecule has 0 unspecified atom stereocenters. The Morgan fingerprint density at radius 3 is 2.88 bits per heavy atom. The van der Waals surface area contributed by atoms with Crippen molar-refractivity contribution in [3.05, 3.63) is 46.4 Å². The van der Waals surface area contributed by atoms with E-state index in [1.165, 1.54) is 6.07 Å². The molecule has 0 fully saturated rings. The first-order valence-electron chi connectivity index (χ1n) is 4.71. The fourth-order valence-corrected chi connectivity index (χ4v) is 1.62. The van der Waals surface area contributed by atoms with Crippen LogP contribution in [0.2, 0.25) is 0 Å². The molecule has 0 atom stereocenters. The van der Waals surface area contributed by atoms with Crippen LogP contribution in [0.1, 0.15) is 5.69 Å². The van der Waals surface area contributed by atoms with Gasteiger partial charge in [0, 0.05) is 17.7 Å². The fourth-order valence-electron chi connectivity index (χ4n) is 1.29. The standard InChI is InChI=1S/C11H10BrFN2O/c1-15-9(4-5-14-15)7-16-11-3-2-8(12)6-10(11)13/h2-6H,7H2,1H3. The first-order chi connectivity index (χ1) is 7.66. The molecule has 0 saturated heterocycles. The highest BCUT2D eigenvalue weighted by molar-refractivity contribution is 9.10. The first-order valence-corrected chi connectivity index (χ1v) is 5.51. The van der Waals surface area contributed by atoms with Crippen LogP contribution in [0.25, 0.3) is 0 Å². The van der Waals surface area contributed by atoms with Gasteiger partial charge in [-0.25, -0.2) is 4.39 Å². The van der Waals surface area contributed by atoms with Gasteiger partial charge in [-0.2, -0.15) is 5.10 Å². The zero-order valence-electron chi connectivity index (χ0n) is 8.65. The highest BCUT2D eigenvalue weighted by Crippen LogP contribution is 2.22. The summed E-state index contributed by atoms with van der Waals surface area (Å²) in [7, 11) is 1.82. The minimum Gasteiger partial charge on any atom is -0.484 e. The second kappa shape index (κ2) is 4.65. The van der Waals surface area contributed by atoms with Gasteiger partial charge in [0.05, 0.1) is 5.69 Å². The Morgan fingerprint density at radius 1 is 1.44 bits per heavy atom. The summed E-state index contributed by atoms with van der Waals surface area (Å²) in [6.45, 7) is 0.301. The van der Waals surface area contributed by atoms with Crippen LogP contribution in [-0.4, -0.2) is 9.78 Å². The molecule has 2 aromatic rings. The van der Waals surface area contributed by atoms with Crippen molar-refractivity contribution in [2.45, 2.75) is 6.61 Å². The molecule has 5 heteroatoms. The lowest BCUT2D eigenvalue weighted by atomic mass is 10.3. The van der Waals surface area contributed by atoms with Crippen LogP contribution in [0, 0.1) is 5.82 Å². The summed E-state index contributed by atoms with van der Waals surface area (Å²) >= 11 is 3.19. The maximum atomic E-state index is 13.4. The van der Waals surface area contributed by atoms with Gasteiger partial charge < -0.3 is 4.74 Å². The van der Waals surface area contributed by atoms with Crippen LogP contribution in [0.15, 0.2) is 34.9 Å². The summed E-state index contributed by atoms with van der Waals surface area (Å²) in [6, 6.07) is 6.53. The predicted molar refractivity (Wildman–Crippen MR) is 61.6 cm³/mol. The third-order valence-corrected chi connectivity index (χ3v) is 2.69. The molecule has 84 valence electrons. The van der Waals surface area contributed by atoms with Crippen molar-refractivity contribution in [2.24, 2.45) is 7.05 Å². The molecule has 0 saturated carbocycles. The average Bonchev–Trinajstić information content (AvgIpc) is 2.63. The number of benzene rings is 1. The van der Waals surface area contributed by atoms with E-state index in [0.29, 0.717) is 11.1 Å². The summed E-state index contributed by atoms with van der Waals surface area (Å²) in [5.74, 6) is -0.138. The normalized spacial score (nSPS) is 10.4. The number of halogens is 2. The Labute approximate surface area is 101 Å². The quantitative estimate of drug-likeness (QED) is 0.867. The highest BCUT2D eigenvalue weighted by atomic mass is 79.9. The Balaban J connectivity index is 2.08. The van der Waals surface area contributed by atoms with Gasteiger partial charge in [-0.15, -0.1) is 0 Å². The van der Waals surface area contributed by atoms with Gasteiger partial charge >= 0.3 is 0 Å². The number of rotatable bonds is 3. The Bertz CT molecular complexity index is 498. The van der Waals surface area contributed by atoms with E-state index in [1.54, 1.807) is 23.0 Å². The molecule has 0 aliphatic carbocycles. The second-order valence-electron chi connectivity index (χ2n) is 3.31. The fraction of sp³-hybridized carbons (Fsp3) is 0.182. The van der Waals surface area contributed by atoms with Crippen molar-refractivity contribution >= 4 is 15.9 Å². The third-order valence-electron chi connectivity index (χ3n) is 2.19. The van der Waals surface area contributed by atoms with Crippen LogP contribution in [0.4, 0.5) is 4.39 Å². The van der Waals surface area contributed by atoms with Crippen molar-refractivity contribution in [2.75, 3.05) is 0 Å². The van der Waals surface area contributed by atoms with Crippen LogP contribution in [0.5, 0.6) is 5.75 Å². The molecule has 2 rings (SSSR count). The maximum absolute atomic E-state index is 13.4. The number of ether oxygens (including phenoxy) is 1. The van der Waals surface area contributed by atoms with Gasteiger partial charge in [-0.05, 0) is 24.3 Å². The maximum Gasteiger partial charge on any atom is 0.166 e. The minimum absolute atomic E-state index is 0.240. The lowest BCUT2D eigenvalue weighted by Crippen LogP contribution is -2.03. The van der Waals surface area contributed by atoms with E-state index < -0.39 is 0 Å². The highest BCUT2D eigenvalue weighted by Gasteiger charge is 2.05. The molecule has 0 spiro atoms. The molecule has 16 heavy (non-hydrogen) atoms. The number of nitrogens with zero attached hydrogens (tertiary/aromatic N) is 2. The third kappa shape index (κ3) is 2.41. The summed E-state index contributed by atoms with van der Waals surface area (Å²) in [4.78, 5) is 0. The molecule has 0 radical (unpaired) electrons. The Morgan fingerprint density at radius 2 is 2.25 bits per heavy atom. The largest absolute Gasteiger partial charge is 0.484 e. The molecule has 1 heterocycles. The zero-order chi connectivity index (χ0) is 11.5. The monoisotopic (exact) mass is 284 g/mol. The second-order valence-corrected chi connectivity index (χ2v) is 4.23. The summed E-state index contributed by atoms with van der Waals surface area (Å²) < 4.78 is 21.1. The van der Waals surface area contributed by atoms with E-state index in [4.69, 9.17) is 4.74 Å². The van der Waals surface area contributed by atoms with Crippen molar-refractivity contribution in [1.29, 1.82) is 0 Å². The molecule has 3 nitrogen and oxygen atoms in total. The molecule has 1 aromatic heterocycles. The molecule has 0 N–H and O–H groups in total. The molecule has 0 aliphatic heterocycles. The Hall–Kier alpha value is -1.36. The van der Waals surface area contributed by atoms with Crippen LogP contribution in [0.3, 0.4) is 0 Å². The predicted octanol–water partition coefficient (Wildman–Crippen LogP) is 2.90. The van der Waals surface area contributed by atoms with Crippen molar-refractivity contribution in [3.63, 3.8) is 0 Å². The van der Waals surface area contributed by atoms with Crippen LogP contribution < -0.4 is 4.74 Å². The van der Waals surface area contributed by atoms with Gasteiger partial charge in [-0.3, -0.25) is 4.68 Å². The smallest absolute Gasteiger partial charge is 0.166 e. The molecular weight excluding hydrogens is 275 g/mol. The number of aryl methyl sites for hydroxylation is 1. The number of hydrogen-bond acceptors (Lipinski definition) is 2. The summed E-state index contributed by atoms with van der Waals surface area (Å²) in [5, 5.41) is 4.00. The summed E-state index contributed by atoms with van der Waals surface area (Å²) in [6.07, 6.45) is 1.68. The van der Waals surface area contributed by atoms with Gasteiger partial charge in [0.25, 0.3) is 0 Å². The van der Waals surface area contributed by atoms with Crippen molar-refractivity contribution in [1.82, 2.24) is 9.78 Å². The van der Waals surface area contributed by atoms with Gasteiger partial charge in [0.2, 0.25) is 0 Å². The zero-order valence-corrected chi connectivity index (χ0v) is 10.2. The van der Waals surface area contributed by atoms with Gasteiger partial charge in [-0.1, -0.05) is 15.9 Å². The van der Waals surface area contributed by atoms with E-state index in [-0.39, 0.29) is 11.6 Å². The minimum atomic E-state index is -0.378. The van der Waals surface area contributed by atoms with Gasteiger partial charge in [0.15, 0.2) is 11.6 Å². The lowest BCUT2D eigenvalue weighted by Gasteiger charge is -2.07. The SMILES string of the molecule is Cn1nccc1COc1ccc(Br)cc1F. The van der Waals surface area contributed by atoms with Gasteiger partial charge in [0.1, 0.15) is 6.61 Å². The van der Waals surface area contributed by atoms with Crippen LogP contribution in [-0.2, 0) is 13.7 Å². The van der Waals surface area contributed by atoms with Crippen LogP contribution >= 0.6 is 15.9 Å². The molecule has 0 aliphatic rings. The van der Waals surface area contributed by atoms with Crippen molar-refractivity contribution in [3.8, 4) is 5.75 Å². The van der Waals surface area contributed by atoms with E-state index >= 15 is 0 Å². The number of hydrogen-bond donors (Lipinski definition) is 0. The number of aromatic nitrogens is 2. The molecular formula is C11H10BrFN2O. The molecule has 0 amide bonds. The van der Waals surface area contributed by atoms with E-state index in [9.17, 15) is 4.39 Å². The topological polar surface area (TPSA) is 27.1 Å². The molecule has 0 bridgehead atoms. The van der Waals surface area contributed by atoms with E-state index in [0.717, 1.165) is 5.69 Å². The van der Waals surface area contributed by atoms with Crippen molar-refractivity contribution < 1.29 is 9.13 Å². The Kier molecular flexibility index (Phi) is 3.24. The first kappa shape index (κ1) is 11.1. The lowest BCUT2D eigenvalue weighted by molar-refractivity contribution is 0.280. The average molecular weight is 285 g/mol.